The second kappa shape index (κ2) is 5.20. The summed E-state index contributed by atoms with van der Waals surface area (Å²) in [7, 11) is 0. The van der Waals surface area contributed by atoms with Crippen LogP contribution < -0.4 is 0 Å². The van der Waals surface area contributed by atoms with Gasteiger partial charge in [-0.3, -0.25) is 0 Å². The van der Waals surface area contributed by atoms with Gasteiger partial charge in [0.25, 0.3) is 0 Å². The Balaban J connectivity index is 2.16. The van der Waals surface area contributed by atoms with Gasteiger partial charge < -0.3 is 0 Å². The highest BCUT2D eigenvalue weighted by atomic mass is 19.1. The lowest BCUT2D eigenvalue weighted by molar-refractivity contribution is 0.342. The van der Waals surface area contributed by atoms with E-state index in [0.717, 1.165) is 29.9 Å². The van der Waals surface area contributed by atoms with Crippen LogP contribution >= 0.6 is 0 Å². The number of benzene rings is 1. The number of halogens is 1. The Morgan fingerprint density at radius 3 is 2.29 bits per heavy atom. The molecule has 1 aromatic carbocycles. The topological polar surface area (TPSA) is 0 Å². The second-order valence-electron chi connectivity index (χ2n) is 5.89. The molecule has 0 spiro atoms. The summed E-state index contributed by atoms with van der Waals surface area (Å²) < 4.78 is 14.1. The average Bonchev–Trinajstić information content (AvgIpc) is 2.30. The second-order valence-corrected chi connectivity index (χ2v) is 5.89. The molecule has 0 radical (unpaired) electrons. The summed E-state index contributed by atoms with van der Waals surface area (Å²) >= 11 is 0. The molecule has 0 aromatic heterocycles. The standard InChI is InChI=1S/C16H23F/c1-11(2)14-8-9-15(16(17)10-14)13-6-4-12(3)5-7-13/h8-13H,4-7H2,1-3H3. The molecule has 0 unspecified atom stereocenters. The molecule has 1 aliphatic carbocycles. The van der Waals surface area contributed by atoms with Crippen molar-refractivity contribution in [2.45, 2.75) is 58.3 Å². The monoisotopic (exact) mass is 234 g/mol. The molecular formula is C16H23F. The minimum atomic E-state index is 0.00996. The van der Waals surface area contributed by atoms with E-state index >= 15 is 0 Å². The van der Waals surface area contributed by atoms with Crippen LogP contribution in [0.3, 0.4) is 0 Å². The Labute approximate surface area is 104 Å². The van der Waals surface area contributed by atoms with Crippen LogP contribution in [0.2, 0.25) is 0 Å². The van der Waals surface area contributed by atoms with E-state index in [1.807, 2.05) is 6.07 Å². The highest BCUT2D eigenvalue weighted by Gasteiger charge is 2.22. The van der Waals surface area contributed by atoms with Crippen molar-refractivity contribution >= 4 is 0 Å². The smallest absolute Gasteiger partial charge is 0.126 e. The molecule has 0 atom stereocenters. The van der Waals surface area contributed by atoms with Gasteiger partial charge in [0.1, 0.15) is 5.82 Å². The quantitative estimate of drug-likeness (QED) is 0.656. The van der Waals surface area contributed by atoms with Crippen molar-refractivity contribution in [1.82, 2.24) is 0 Å². The van der Waals surface area contributed by atoms with E-state index in [9.17, 15) is 4.39 Å². The van der Waals surface area contributed by atoms with Crippen molar-refractivity contribution < 1.29 is 4.39 Å². The van der Waals surface area contributed by atoms with Gasteiger partial charge in [-0.05, 0) is 47.8 Å². The van der Waals surface area contributed by atoms with Crippen molar-refractivity contribution in [3.63, 3.8) is 0 Å². The summed E-state index contributed by atoms with van der Waals surface area (Å²) in [6, 6.07) is 5.85. The lowest BCUT2D eigenvalue weighted by Gasteiger charge is -2.27. The van der Waals surface area contributed by atoms with Crippen molar-refractivity contribution in [2.24, 2.45) is 5.92 Å². The SMILES string of the molecule is CC1CCC(c2ccc(C(C)C)cc2F)CC1. The molecule has 0 aliphatic heterocycles. The average molecular weight is 234 g/mol. The zero-order chi connectivity index (χ0) is 12.4. The Hall–Kier alpha value is -0.850. The highest BCUT2D eigenvalue weighted by molar-refractivity contribution is 5.29. The molecule has 1 fully saturated rings. The molecule has 0 heterocycles. The number of hydrogen-bond donors (Lipinski definition) is 0. The summed E-state index contributed by atoms with van der Waals surface area (Å²) in [5, 5.41) is 0. The fourth-order valence-corrected chi connectivity index (χ4v) is 2.80. The van der Waals surface area contributed by atoms with Crippen LogP contribution in [0.4, 0.5) is 4.39 Å². The maximum Gasteiger partial charge on any atom is 0.126 e. The van der Waals surface area contributed by atoms with Gasteiger partial charge in [-0.25, -0.2) is 4.39 Å². The Bertz CT molecular complexity index is 373. The number of rotatable bonds is 2. The Morgan fingerprint density at radius 2 is 1.76 bits per heavy atom. The first kappa shape index (κ1) is 12.6. The predicted molar refractivity (Wildman–Crippen MR) is 70.9 cm³/mol. The van der Waals surface area contributed by atoms with E-state index in [1.165, 1.54) is 12.8 Å². The first-order chi connectivity index (χ1) is 8.08. The molecule has 2 rings (SSSR count). The molecule has 0 nitrogen and oxygen atoms in total. The Morgan fingerprint density at radius 1 is 1.12 bits per heavy atom. The molecular weight excluding hydrogens is 211 g/mol. The zero-order valence-corrected chi connectivity index (χ0v) is 11.2. The van der Waals surface area contributed by atoms with Crippen LogP contribution in [0.1, 0.15) is 69.4 Å². The van der Waals surface area contributed by atoms with Crippen molar-refractivity contribution in [2.75, 3.05) is 0 Å². The molecule has 1 saturated carbocycles. The predicted octanol–water partition coefficient (Wildman–Crippen LogP) is 5.24. The van der Waals surface area contributed by atoms with Crippen LogP contribution in [-0.2, 0) is 0 Å². The fraction of sp³-hybridized carbons (Fsp3) is 0.625. The fourth-order valence-electron chi connectivity index (χ4n) is 2.80. The van der Waals surface area contributed by atoms with Gasteiger partial charge in [0.2, 0.25) is 0 Å². The van der Waals surface area contributed by atoms with Gasteiger partial charge in [0, 0.05) is 0 Å². The van der Waals surface area contributed by atoms with Crippen LogP contribution in [0.25, 0.3) is 0 Å². The van der Waals surface area contributed by atoms with Crippen molar-refractivity contribution in [3.8, 4) is 0 Å². The van der Waals surface area contributed by atoms with E-state index < -0.39 is 0 Å². The molecule has 1 aromatic rings. The summed E-state index contributed by atoms with van der Waals surface area (Å²) in [6.45, 7) is 6.52. The molecule has 0 bridgehead atoms. The van der Waals surface area contributed by atoms with Gasteiger partial charge in [0.15, 0.2) is 0 Å². The largest absolute Gasteiger partial charge is 0.207 e. The molecule has 0 N–H and O–H groups in total. The maximum atomic E-state index is 14.1. The number of hydrogen-bond acceptors (Lipinski definition) is 0. The van der Waals surface area contributed by atoms with Crippen LogP contribution in [0.5, 0.6) is 0 Å². The van der Waals surface area contributed by atoms with Gasteiger partial charge in [0.05, 0.1) is 0 Å². The van der Waals surface area contributed by atoms with Gasteiger partial charge in [-0.1, -0.05) is 45.7 Å². The van der Waals surface area contributed by atoms with E-state index in [1.54, 1.807) is 6.07 Å². The Kier molecular flexibility index (Phi) is 3.86. The summed E-state index contributed by atoms with van der Waals surface area (Å²) in [4.78, 5) is 0. The molecule has 17 heavy (non-hydrogen) atoms. The normalized spacial score (nSPS) is 25.2. The van der Waals surface area contributed by atoms with Gasteiger partial charge in [-0.2, -0.15) is 0 Å². The lowest BCUT2D eigenvalue weighted by Crippen LogP contribution is -2.12. The third kappa shape index (κ3) is 2.88. The minimum Gasteiger partial charge on any atom is -0.207 e. The van der Waals surface area contributed by atoms with E-state index in [2.05, 4.69) is 26.8 Å². The van der Waals surface area contributed by atoms with Crippen LogP contribution in [0, 0.1) is 11.7 Å². The van der Waals surface area contributed by atoms with Crippen LogP contribution in [-0.4, -0.2) is 0 Å². The highest BCUT2D eigenvalue weighted by Crippen LogP contribution is 2.37. The molecule has 1 heteroatoms. The van der Waals surface area contributed by atoms with Crippen molar-refractivity contribution in [3.05, 3.63) is 35.1 Å². The van der Waals surface area contributed by atoms with E-state index in [-0.39, 0.29) is 5.82 Å². The zero-order valence-electron chi connectivity index (χ0n) is 11.2. The van der Waals surface area contributed by atoms with Gasteiger partial charge >= 0.3 is 0 Å². The lowest BCUT2D eigenvalue weighted by atomic mass is 9.79. The van der Waals surface area contributed by atoms with E-state index in [4.69, 9.17) is 0 Å². The molecule has 94 valence electrons. The molecule has 1 aliphatic rings. The third-order valence-electron chi connectivity index (χ3n) is 4.15. The van der Waals surface area contributed by atoms with Crippen molar-refractivity contribution in [1.29, 1.82) is 0 Å². The minimum absolute atomic E-state index is 0.00996. The third-order valence-corrected chi connectivity index (χ3v) is 4.15. The summed E-state index contributed by atoms with van der Waals surface area (Å²) in [5.41, 5.74) is 2.05. The maximum absolute atomic E-state index is 14.1. The summed E-state index contributed by atoms with van der Waals surface area (Å²) in [5.74, 6) is 1.69. The van der Waals surface area contributed by atoms with E-state index in [0.29, 0.717) is 11.8 Å². The summed E-state index contributed by atoms with van der Waals surface area (Å²) in [6.07, 6.45) is 4.80. The first-order valence-electron chi connectivity index (χ1n) is 6.87. The molecule has 0 saturated heterocycles. The van der Waals surface area contributed by atoms with Crippen LogP contribution in [0.15, 0.2) is 18.2 Å². The molecule has 0 amide bonds. The first-order valence-corrected chi connectivity index (χ1v) is 6.87. The van der Waals surface area contributed by atoms with Gasteiger partial charge in [-0.15, -0.1) is 0 Å².